The molecular formula is C15H19NO2. The molecule has 3 rings (SSSR count). The average Bonchev–Trinajstić information content (AvgIpc) is 2.60. The molecule has 2 atom stereocenters. The van der Waals surface area contributed by atoms with Gasteiger partial charge in [0, 0.05) is 31.5 Å². The molecule has 1 aromatic rings. The Morgan fingerprint density at radius 2 is 1.72 bits per heavy atom. The van der Waals surface area contributed by atoms with Crippen molar-refractivity contribution in [3.63, 3.8) is 0 Å². The van der Waals surface area contributed by atoms with Gasteiger partial charge < -0.3 is 5.11 Å². The molecule has 0 saturated carbocycles. The molecule has 2 saturated heterocycles. The highest BCUT2D eigenvalue weighted by Gasteiger charge is 2.39. The molecular weight excluding hydrogens is 226 g/mol. The highest BCUT2D eigenvalue weighted by molar-refractivity contribution is 5.80. The number of fused-ring (bicyclic) bond motifs is 2. The number of benzene rings is 1. The lowest BCUT2D eigenvalue weighted by atomic mass is 10.0. The van der Waals surface area contributed by atoms with E-state index in [9.17, 15) is 9.90 Å². The van der Waals surface area contributed by atoms with Crippen LogP contribution in [0.25, 0.3) is 0 Å². The number of ketones is 1. The molecule has 0 radical (unpaired) electrons. The van der Waals surface area contributed by atoms with Gasteiger partial charge in [-0.2, -0.15) is 0 Å². The van der Waals surface area contributed by atoms with Crippen molar-refractivity contribution < 1.29 is 9.90 Å². The van der Waals surface area contributed by atoms with Crippen LogP contribution in [-0.2, 0) is 11.2 Å². The predicted octanol–water partition coefficient (Wildman–Crippen LogP) is 2.13. The number of hydrogen-bond acceptors (Lipinski definition) is 3. The van der Waals surface area contributed by atoms with E-state index in [4.69, 9.17) is 0 Å². The second kappa shape index (κ2) is 4.73. The van der Waals surface area contributed by atoms with Crippen LogP contribution in [0.2, 0.25) is 0 Å². The maximum Gasteiger partial charge on any atom is 0.136 e. The van der Waals surface area contributed by atoms with Crippen LogP contribution < -0.4 is 0 Å². The van der Waals surface area contributed by atoms with Gasteiger partial charge in [-0.1, -0.05) is 12.1 Å². The van der Waals surface area contributed by atoms with Gasteiger partial charge in [-0.05, 0) is 37.0 Å². The Hall–Kier alpha value is -1.35. The van der Waals surface area contributed by atoms with Crippen molar-refractivity contribution in [1.29, 1.82) is 0 Å². The maximum atomic E-state index is 11.5. The number of hydrogen-bond donors (Lipinski definition) is 1. The fourth-order valence-electron chi connectivity index (χ4n) is 3.35. The standard InChI is InChI=1S/C15H19NO2/c17-14-5-1-11(2-6-14)7-8-16-12-3-4-13(16)10-15(18)9-12/h1-2,5-6,12-13,17H,3-4,7-10H2. The Kier molecular flexibility index (Phi) is 3.08. The smallest absolute Gasteiger partial charge is 0.136 e. The minimum Gasteiger partial charge on any atom is -0.508 e. The van der Waals surface area contributed by atoms with Crippen LogP contribution in [0.5, 0.6) is 5.75 Å². The first kappa shape index (κ1) is 11.7. The first-order valence-corrected chi connectivity index (χ1v) is 6.78. The number of nitrogens with zero attached hydrogens (tertiary/aromatic N) is 1. The molecule has 1 N–H and O–H groups in total. The van der Waals surface area contributed by atoms with Gasteiger partial charge in [0.15, 0.2) is 0 Å². The molecule has 3 heteroatoms. The molecule has 3 nitrogen and oxygen atoms in total. The van der Waals surface area contributed by atoms with E-state index in [1.54, 1.807) is 12.1 Å². The van der Waals surface area contributed by atoms with Gasteiger partial charge in [-0.15, -0.1) is 0 Å². The number of phenols is 1. The molecule has 2 bridgehead atoms. The van der Waals surface area contributed by atoms with Gasteiger partial charge in [-0.3, -0.25) is 9.69 Å². The van der Waals surface area contributed by atoms with Crippen molar-refractivity contribution in [3.8, 4) is 5.75 Å². The topological polar surface area (TPSA) is 40.5 Å². The van der Waals surface area contributed by atoms with Gasteiger partial charge in [0.1, 0.15) is 11.5 Å². The van der Waals surface area contributed by atoms with Crippen LogP contribution in [0, 0.1) is 0 Å². The number of rotatable bonds is 3. The third-order valence-corrected chi connectivity index (χ3v) is 4.29. The van der Waals surface area contributed by atoms with Gasteiger partial charge in [0.25, 0.3) is 0 Å². The zero-order valence-corrected chi connectivity index (χ0v) is 10.5. The molecule has 2 aliphatic heterocycles. The second-order valence-corrected chi connectivity index (χ2v) is 5.49. The lowest BCUT2D eigenvalue weighted by Crippen LogP contribution is -2.44. The fourth-order valence-corrected chi connectivity index (χ4v) is 3.35. The van der Waals surface area contributed by atoms with Gasteiger partial charge in [-0.25, -0.2) is 0 Å². The molecule has 2 heterocycles. The molecule has 0 aromatic heterocycles. The summed E-state index contributed by atoms with van der Waals surface area (Å²) in [5, 5.41) is 9.25. The highest BCUT2D eigenvalue weighted by Crippen LogP contribution is 2.33. The van der Waals surface area contributed by atoms with Crippen LogP contribution in [0.15, 0.2) is 24.3 Å². The summed E-state index contributed by atoms with van der Waals surface area (Å²) in [5.41, 5.74) is 1.25. The lowest BCUT2D eigenvalue weighted by molar-refractivity contribution is -0.123. The Bertz CT molecular complexity index is 424. The lowest BCUT2D eigenvalue weighted by Gasteiger charge is -2.33. The van der Waals surface area contributed by atoms with Crippen LogP contribution in [0.3, 0.4) is 0 Å². The Morgan fingerprint density at radius 1 is 1.11 bits per heavy atom. The first-order chi connectivity index (χ1) is 8.72. The molecule has 0 amide bonds. The summed E-state index contributed by atoms with van der Waals surface area (Å²) in [5.74, 6) is 0.769. The fraction of sp³-hybridized carbons (Fsp3) is 0.533. The van der Waals surface area contributed by atoms with Gasteiger partial charge >= 0.3 is 0 Å². The number of carbonyl (C=O) groups is 1. The van der Waals surface area contributed by atoms with E-state index in [1.807, 2.05) is 12.1 Å². The first-order valence-electron chi connectivity index (χ1n) is 6.78. The Morgan fingerprint density at radius 3 is 2.33 bits per heavy atom. The predicted molar refractivity (Wildman–Crippen MR) is 69.6 cm³/mol. The summed E-state index contributed by atoms with van der Waals surface area (Å²) in [7, 11) is 0. The third kappa shape index (κ3) is 2.27. The molecule has 2 aliphatic rings. The summed E-state index contributed by atoms with van der Waals surface area (Å²) in [6, 6.07) is 8.42. The summed E-state index contributed by atoms with van der Waals surface area (Å²) in [4.78, 5) is 14.0. The van der Waals surface area contributed by atoms with Crippen LogP contribution in [0.4, 0.5) is 0 Å². The van der Waals surface area contributed by atoms with E-state index in [1.165, 1.54) is 18.4 Å². The minimum atomic E-state index is 0.322. The van der Waals surface area contributed by atoms with Gasteiger partial charge in [0.2, 0.25) is 0 Å². The van der Waals surface area contributed by atoms with Crippen molar-refractivity contribution in [2.24, 2.45) is 0 Å². The zero-order valence-electron chi connectivity index (χ0n) is 10.5. The molecule has 0 aliphatic carbocycles. The van der Waals surface area contributed by atoms with Crippen LogP contribution in [0.1, 0.15) is 31.2 Å². The van der Waals surface area contributed by atoms with Crippen molar-refractivity contribution >= 4 is 5.78 Å². The highest BCUT2D eigenvalue weighted by atomic mass is 16.3. The van der Waals surface area contributed by atoms with Crippen molar-refractivity contribution in [1.82, 2.24) is 4.90 Å². The van der Waals surface area contributed by atoms with E-state index in [-0.39, 0.29) is 0 Å². The summed E-state index contributed by atoms with van der Waals surface area (Å²) in [6.45, 7) is 1.04. The van der Waals surface area contributed by atoms with Gasteiger partial charge in [0.05, 0.1) is 0 Å². The monoisotopic (exact) mass is 245 g/mol. The Balaban J connectivity index is 1.61. The normalized spacial score (nSPS) is 27.7. The summed E-state index contributed by atoms with van der Waals surface area (Å²) in [6.07, 6.45) is 4.89. The maximum absolute atomic E-state index is 11.5. The Labute approximate surface area is 107 Å². The van der Waals surface area contributed by atoms with E-state index < -0.39 is 0 Å². The van der Waals surface area contributed by atoms with Crippen molar-refractivity contribution in [3.05, 3.63) is 29.8 Å². The minimum absolute atomic E-state index is 0.322. The van der Waals surface area contributed by atoms with Crippen LogP contribution in [-0.4, -0.2) is 34.4 Å². The van der Waals surface area contributed by atoms with E-state index in [2.05, 4.69) is 4.90 Å². The zero-order chi connectivity index (χ0) is 12.5. The molecule has 0 spiro atoms. The SMILES string of the molecule is O=C1CC2CCC(C1)N2CCc1ccc(O)cc1. The number of carbonyl (C=O) groups excluding carboxylic acids is 1. The average molecular weight is 245 g/mol. The molecule has 1 aromatic carbocycles. The third-order valence-electron chi connectivity index (χ3n) is 4.29. The van der Waals surface area contributed by atoms with Crippen molar-refractivity contribution in [2.75, 3.05) is 6.54 Å². The number of Topliss-reactive ketones (excluding diaryl/α,β-unsaturated/α-hetero) is 1. The largest absolute Gasteiger partial charge is 0.508 e. The van der Waals surface area contributed by atoms with E-state index in [0.717, 1.165) is 25.8 Å². The van der Waals surface area contributed by atoms with Crippen LogP contribution >= 0.6 is 0 Å². The van der Waals surface area contributed by atoms with Crippen molar-refractivity contribution in [2.45, 2.75) is 44.2 Å². The quantitative estimate of drug-likeness (QED) is 0.887. The summed E-state index contributed by atoms with van der Waals surface area (Å²) >= 11 is 0. The second-order valence-electron chi connectivity index (χ2n) is 5.49. The van der Waals surface area contributed by atoms with E-state index in [0.29, 0.717) is 23.6 Å². The van der Waals surface area contributed by atoms with E-state index >= 15 is 0 Å². The number of phenolic OH excluding ortho intramolecular Hbond substituents is 1. The molecule has 2 fully saturated rings. The molecule has 96 valence electrons. The molecule has 2 unspecified atom stereocenters. The number of aromatic hydroxyl groups is 1. The summed E-state index contributed by atoms with van der Waals surface area (Å²) < 4.78 is 0. The molecule has 18 heavy (non-hydrogen) atoms. The number of piperidine rings is 1.